The maximum atomic E-state index is 11.8. The van der Waals surface area contributed by atoms with Gasteiger partial charge in [-0.3, -0.25) is 9.59 Å². The Hall–Kier alpha value is -1.78. The Morgan fingerprint density at radius 3 is 2.60 bits per heavy atom. The van der Waals surface area contributed by atoms with E-state index in [1.165, 1.54) is 0 Å². The van der Waals surface area contributed by atoms with Gasteiger partial charge >= 0.3 is 0 Å². The minimum Gasteiger partial charge on any atom is -0.467 e. The van der Waals surface area contributed by atoms with Crippen molar-refractivity contribution in [3.05, 3.63) is 24.2 Å². The van der Waals surface area contributed by atoms with Gasteiger partial charge in [0, 0.05) is 25.6 Å². The van der Waals surface area contributed by atoms with Crippen LogP contribution in [0.4, 0.5) is 0 Å². The summed E-state index contributed by atoms with van der Waals surface area (Å²) in [4.78, 5) is 27.5. The molecule has 8 nitrogen and oxygen atoms in total. The SMILES string of the molecule is CCNC(=NCC(=O)NCc1ccco1)NCCNC(=O)C1CC1.I. The largest absolute Gasteiger partial charge is 0.467 e. The van der Waals surface area contributed by atoms with E-state index in [1.54, 1.807) is 18.4 Å². The van der Waals surface area contributed by atoms with E-state index in [2.05, 4.69) is 26.3 Å². The molecular formula is C16H26IN5O3. The molecule has 2 amide bonds. The number of guanidine groups is 1. The normalized spacial score (nSPS) is 13.6. The molecule has 1 aromatic heterocycles. The van der Waals surface area contributed by atoms with Crippen molar-refractivity contribution < 1.29 is 14.0 Å². The summed E-state index contributed by atoms with van der Waals surface area (Å²) in [6.45, 7) is 4.09. The van der Waals surface area contributed by atoms with E-state index in [-0.39, 0.29) is 48.3 Å². The van der Waals surface area contributed by atoms with Gasteiger partial charge < -0.3 is 25.7 Å². The first-order valence-electron chi connectivity index (χ1n) is 8.28. The Labute approximate surface area is 164 Å². The van der Waals surface area contributed by atoms with Crippen LogP contribution in [0.1, 0.15) is 25.5 Å². The number of aliphatic imine (C=N–C) groups is 1. The van der Waals surface area contributed by atoms with Crippen LogP contribution in [0.25, 0.3) is 0 Å². The van der Waals surface area contributed by atoms with Gasteiger partial charge in [0.15, 0.2) is 5.96 Å². The molecule has 0 saturated heterocycles. The third-order valence-electron chi connectivity index (χ3n) is 3.43. The highest BCUT2D eigenvalue weighted by Crippen LogP contribution is 2.28. The van der Waals surface area contributed by atoms with E-state index in [1.807, 2.05) is 6.92 Å². The maximum Gasteiger partial charge on any atom is 0.242 e. The highest BCUT2D eigenvalue weighted by molar-refractivity contribution is 14.0. The second-order valence-electron chi connectivity index (χ2n) is 5.54. The first-order valence-corrected chi connectivity index (χ1v) is 8.28. The molecule has 1 aliphatic carbocycles. The van der Waals surface area contributed by atoms with Gasteiger partial charge in [0.25, 0.3) is 0 Å². The molecule has 1 saturated carbocycles. The van der Waals surface area contributed by atoms with E-state index >= 15 is 0 Å². The highest BCUT2D eigenvalue weighted by atomic mass is 127. The number of rotatable bonds is 9. The zero-order chi connectivity index (χ0) is 17.2. The number of hydrogen-bond donors (Lipinski definition) is 4. The van der Waals surface area contributed by atoms with Crippen molar-refractivity contribution in [3.8, 4) is 0 Å². The first-order chi connectivity index (χ1) is 11.7. The lowest BCUT2D eigenvalue weighted by molar-refractivity contribution is -0.122. The van der Waals surface area contributed by atoms with Crippen molar-refractivity contribution in [1.82, 2.24) is 21.3 Å². The fraction of sp³-hybridized carbons (Fsp3) is 0.562. The van der Waals surface area contributed by atoms with E-state index in [0.717, 1.165) is 12.8 Å². The predicted octanol–water partition coefficient (Wildman–Crippen LogP) is 0.595. The molecule has 1 heterocycles. The van der Waals surface area contributed by atoms with Gasteiger partial charge in [-0.2, -0.15) is 0 Å². The Kier molecular flexibility index (Phi) is 9.97. The molecule has 0 atom stereocenters. The number of halogens is 1. The lowest BCUT2D eigenvalue weighted by Crippen LogP contribution is -2.42. The van der Waals surface area contributed by atoms with Gasteiger partial charge in [-0.1, -0.05) is 0 Å². The summed E-state index contributed by atoms with van der Waals surface area (Å²) in [6, 6.07) is 3.57. The van der Waals surface area contributed by atoms with Crippen LogP contribution in [0.5, 0.6) is 0 Å². The molecule has 140 valence electrons. The van der Waals surface area contributed by atoms with Crippen LogP contribution in [0, 0.1) is 5.92 Å². The molecule has 4 N–H and O–H groups in total. The number of nitrogens with one attached hydrogen (secondary N) is 4. The van der Waals surface area contributed by atoms with E-state index < -0.39 is 0 Å². The molecule has 0 aromatic carbocycles. The minimum atomic E-state index is -0.189. The van der Waals surface area contributed by atoms with Crippen LogP contribution in [0.15, 0.2) is 27.8 Å². The third-order valence-corrected chi connectivity index (χ3v) is 3.43. The Morgan fingerprint density at radius 2 is 1.96 bits per heavy atom. The van der Waals surface area contributed by atoms with Crippen molar-refractivity contribution >= 4 is 41.8 Å². The second-order valence-corrected chi connectivity index (χ2v) is 5.54. The van der Waals surface area contributed by atoms with Gasteiger partial charge in [-0.05, 0) is 31.9 Å². The Morgan fingerprint density at radius 1 is 1.20 bits per heavy atom. The van der Waals surface area contributed by atoms with Crippen molar-refractivity contribution in [2.75, 3.05) is 26.2 Å². The molecule has 0 unspecified atom stereocenters. The molecule has 0 radical (unpaired) electrons. The maximum absolute atomic E-state index is 11.8. The number of carbonyl (C=O) groups is 2. The summed E-state index contributed by atoms with van der Waals surface area (Å²) in [5, 5.41) is 11.7. The standard InChI is InChI=1S/C16H25N5O3.HI/c1-2-17-16(19-8-7-18-15(23)12-5-6-12)21-11-14(22)20-10-13-4-3-9-24-13;/h3-4,9,12H,2,5-8,10-11H2,1H3,(H,18,23)(H,20,22)(H2,17,19,21);1H. The second kappa shape index (κ2) is 11.7. The zero-order valence-electron chi connectivity index (χ0n) is 14.3. The number of nitrogens with zero attached hydrogens (tertiary/aromatic N) is 1. The van der Waals surface area contributed by atoms with Crippen LogP contribution in [-0.2, 0) is 16.1 Å². The Balaban J connectivity index is 0.00000312. The van der Waals surface area contributed by atoms with Crippen LogP contribution in [0.3, 0.4) is 0 Å². The lowest BCUT2D eigenvalue weighted by Gasteiger charge is -2.11. The quantitative estimate of drug-likeness (QED) is 0.186. The topological polar surface area (TPSA) is 108 Å². The molecule has 25 heavy (non-hydrogen) atoms. The summed E-state index contributed by atoms with van der Waals surface area (Å²) in [7, 11) is 0. The minimum absolute atomic E-state index is 0. The number of furan rings is 1. The first kappa shape index (κ1) is 21.3. The fourth-order valence-corrected chi connectivity index (χ4v) is 2.00. The van der Waals surface area contributed by atoms with Crippen LogP contribution >= 0.6 is 24.0 Å². The average molecular weight is 463 g/mol. The van der Waals surface area contributed by atoms with Gasteiger partial charge in [-0.25, -0.2) is 4.99 Å². The van der Waals surface area contributed by atoms with Gasteiger partial charge in [0.2, 0.25) is 11.8 Å². The zero-order valence-corrected chi connectivity index (χ0v) is 16.7. The summed E-state index contributed by atoms with van der Waals surface area (Å²) in [6.07, 6.45) is 3.56. The van der Waals surface area contributed by atoms with Crippen LogP contribution in [0.2, 0.25) is 0 Å². The van der Waals surface area contributed by atoms with Crippen molar-refractivity contribution in [2.24, 2.45) is 10.9 Å². The summed E-state index contributed by atoms with van der Waals surface area (Å²) >= 11 is 0. The molecule has 1 fully saturated rings. The van der Waals surface area contributed by atoms with Gasteiger partial charge in [0.1, 0.15) is 12.3 Å². The van der Waals surface area contributed by atoms with Crippen molar-refractivity contribution in [2.45, 2.75) is 26.3 Å². The lowest BCUT2D eigenvalue weighted by atomic mass is 10.4. The number of carbonyl (C=O) groups excluding carboxylic acids is 2. The molecule has 9 heteroatoms. The number of amides is 2. The van der Waals surface area contributed by atoms with Gasteiger partial charge in [0.05, 0.1) is 12.8 Å². The molecular weight excluding hydrogens is 437 g/mol. The summed E-state index contributed by atoms with van der Waals surface area (Å²) in [5.74, 6) is 1.39. The Bertz CT molecular complexity index is 558. The van der Waals surface area contributed by atoms with E-state index in [9.17, 15) is 9.59 Å². The van der Waals surface area contributed by atoms with Gasteiger partial charge in [-0.15, -0.1) is 24.0 Å². The fourth-order valence-electron chi connectivity index (χ4n) is 2.00. The third kappa shape index (κ3) is 8.75. The molecule has 0 bridgehead atoms. The molecule has 1 aromatic rings. The molecule has 0 spiro atoms. The average Bonchev–Trinajstić information content (AvgIpc) is 3.30. The molecule has 0 aliphatic heterocycles. The van der Waals surface area contributed by atoms with Crippen LogP contribution < -0.4 is 21.3 Å². The molecule has 2 rings (SSSR count). The highest BCUT2D eigenvalue weighted by Gasteiger charge is 2.28. The smallest absolute Gasteiger partial charge is 0.242 e. The van der Waals surface area contributed by atoms with Crippen molar-refractivity contribution in [1.29, 1.82) is 0 Å². The molecule has 1 aliphatic rings. The monoisotopic (exact) mass is 463 g/mol. The predicted molar refractivity (Wildman–Crippen MR) is 106 cm³/mol. The van der Waals surface area contributed by atoms with Crippen molar-refractivity contribution in [3.63, 3.8) is 0 Å². The number of hydrogen-bond acceptors (Lipinski definition) is 4. The van der Waals surface area contributed by atoms with E-state index in [0.29, 0.717) is 37.9 Å². The summed E-state index contributed by atoms with van der Waals surface area (Å²) < 4.78 is 5.14. The summed E-state index contributed by atoms with van der Waals surface area (Å²) in [5.41, 5.74) is 0. The van der Waals surface area contributed by atoms with E-state index in [4.69, 9.17) is 4.42 Å². The van der Waals surface area contributed by atoms with Crippen LogP contribution in [-0.4, -0.2) is 44.0 Å².